The molecule has 2 atom stereocenters. The average Bonchev–Trinajstić information content (AvgIpc) is 3.17. The summed E-state index contributed by atoms with van der Waals surface area (Å²) in [7, 11) is 1.64. The van der Waals surface area contributed by atoms with E-state index in [1.165, 1.54) is 6.07 Å². The van der Waals surface area contributed by atoms with E-state index in [0.29, 0.717) is 19.7 Å². The summed E-state index contributed by atoms with van der Waals surface area (Å²) in [6.45, 7) is 3.58. The van der Waals surface area contributed by atoms with Gasteiger partial charge in [0.05, 0.1) is 6.61 Å². The van der Waals surface area contributed by atoms with E-state index in [4.69, 9.17) is 4.74 Å². The van der Waals surface area contributed by atoms with Gasteiger partial charge >= 0.3 is 0 Å². The molecule has 0 bridgehead atoms. The summed E-state index contributed by atoms with van der Waals surface area (Å²) in [6.07, 6.45) is 4.20. The summed E-state index contributed by atoms with van der Waals surface area (Å²) in [6, 6.07) is 6.97. The minimum absolute atomic E-state index is 0.0718. The normalized spacial score (nSPS) is 27.0. The predicted molar refractivity (Wildman–Crippen MR) is 91.0 cm³/mol. The third-order valence-corrected chi connectivity index (χ3v) is 5.64. The largest absolute Gasteiger partial charge is 0.383 e. The average molecular weight is 334 g/mol. The maximum Gasteiger partial charge on any atom is 0.223 e. The lowest BCUT2D eigenvalue weighted by molar-refractivity contribution is -0.128. The van der Waals surface area contributed by atoms with Crippen LogP contribution in [0.25, 0.3) is 0 Å². The van der Waals surface area contributed by atoms with Crippen LogP contribution >= 0.6 is 0 Å². The van der Waals surface area contributed by atoms with Crippen molar-refractivity contribution in [3.63, 3.8) is 0 Å². The van der Waals surface area contributed by atoms with Crippen molar-refractivity contribution < 1.29 is 13.9 Å². The molecule has 1 saturated carbocycles. The second-order valence-corrected chi connectivity index (χ2v) is 7.14. The molecule has 1 aromatic carbocycles. The molecule has 1 aliphatic heterocycles. The highest BCUT2D eigenvalue weighted by molar-refractivity contribution is 5.80. The maximum absolute atomic E-state index is 13.9. The Morgan fingerprint density at radius 3 is 3.04 bits per heavy atom. The van der Waals surface area contributed by atoms with E-state index in [-0.39, 0.29) is 23.1 Å². The van der Waals surface area contributed by atoms with Gasteiger partial charge in [0.15, 0.2) is 0 Å². The molecular formula is C19H27FN2O2. The number of nitrogens with one attached hydrogen (secondary N) is 1. The van der Waals surface area contributed by atoms with Gasteiger partial charge in [0.1, 0.15) is 5.82 Å². The SMILES string of the molecule is COCCNC(=O)C1CCCC12CCN(Cc1ccccc1F)C2. The predicted octanol–water partition coefficient (Wildman–Crippen LogP) is 2.58. The van der Waals surface area contributed by atoms with Crippen molar-refractivity contribution >= 4 is 5.91 Å². The molecule has 2 aliphatic rings. The number of amides is 1. The number of hydrogen-bond acceptors (Lipinski definition) is 3. The van der Waals surface area contributed by atoms with E-state index in [0.717, 1.165) is 44.3 Å². The van der Waals surface area contributed by atoms with Crippen LogP contribution < -0.4 is 5.32 Å². The first-order valence-corrected chi connectivity index (χ1v) is 8.87. The molecule has 1 aliphatic carbocycles. The molecule has 1 spiro atoms. The zero-order valence-electron chi connectivity index (χ0n) is 14.4. The number of halogens is 1. The van der Waals surface area contributed by atoms with Crippen LogP contribution in [-0.4, -0.2) is 44.2 Å². The summed E-state index contributed by atoms with van der Waals surface area (Å²) in [5, 5.41) is 3.01. The van der Waals surface area contributed by atoms with Crippen molar-refractivity contribution in [1.82, 2.24) is 10.2 Å². The number of nitrogens with zero attached hydrogens (tertiary/aromatic N) is 1. The zero-order valence-corrected chi connectivity index (χ0v) is 14.4. The van der Waals surface area contributed by atoms with Crippen LogP contribution in [0.3, 0.4) is 0 Å². The number of likely N-dealkylation sites (tertiary alicyclic amines) is 1. The van der Waals surface area contributed by atoms with Crippen molar-refractivity contribution in [1.29, 1.82) is 0 Å². The summed E-state index contributed by atoms with van der Waals surface area (Å²) in [5.74, 6) is 0.107. The van der Waals surface area contributed by atoms with E-state index in [1.54, 1.807) is 13.2 Å². The van der Waals surface area contributed by atoms with Crippen LogP contribution in [0.2, 0.25) is 0 Å². The second-order valence-electron chi connectivity index (χ2n) is 7.14. The molecule has 2 fully saturated rings. The van der Waals surface area contributed by atoms with Crippen LogP contribution in [-0.2, 0) is 16.1 Å². The van der Waals surface area contributed by atoms with Crippen molar-refractivity contribution in [3.8, 4) is 0 Å². The van der Waals surface area contributed by atoms with Gasteiger partial charge in [0.2, 0.25) is 5.91 Å². The summed E-state index contributed by atoms with van der Waals surface area (Å²) < 4.78 is 18.9. The standard InChI is InChI=1S/C19H27FN2O2/c1-24-12-10-21-18(23)16-6-4-8-19(16)9-11-22(14-19)13-15-5-2-3-7-17(15)20/h2-3,5,7,16H,4,6,8-14H2,1H3,(H,21,23). The van der Waals surface area contributed by atoms with Crippen molar-refractivity contribution in [2.24, 2.45) is 11.3 Å². The van der Waals surface area contributed by atoms with Gasteiger partial charge in [-0.2, -0.15) is 0 Å². The number of methoxy groups -OCH3 is 1. The number of ether oxygens (including phenoxy) is 1. The first-order chi connectivity index (χ1) is 11.6. The van der Waals surface area contributed by atoms with Gasteiger partial charge < -0.3 is 10.1 Å². The molecule has 0 radical (unpaired) electrons. The Morgan fingerprint density at radius 2 is 2.25 bits per heavy atom. The fourth-order valence-electron chi connectivity index (χ4n) is 4.42. The topological polar surface area (TPSA) is 41.6 Å². The molecule has 1 saturated heterocycles. The molecule has 0 aromatic heterocycles. The molecule has 5 heteroatoms. The molecular weight excluding hydrogens is 307 g/mol. The molecule has 1 N–H and O–H groups in total. The van der Waals surface area contributed by atoms with Gasteiger partial charge in [-0.05, 0) is 37.3 Å². The Hall–Kier alpha value is -1.46. The van der Waals surface area contributed by atoms with E-state index in [9.17, 15) is 9.18 Å². The number of carbonyl (C=O) groups excluding carboxylic acids is 1. The fourth-order valence-corrected chi connectivity index (χ4v) is 4.42. The first-order valence-electron chi connectivity index (χ1n) is 8.87. The van der Waals surface area contributed by atoms with Gasteiger partial charge in [-0.25, -0.2) is 4.39 Å². The van der Waals surface area contributed by atoms with Gasteiger partial charge in [0, 0.05) is 38.2 Å². The minimum Gasteiger partial charge on any atom is -0.383 e. The monoisotopic (exact) mass is 334 g/mol. The summed E-state index contributed by atoms with van der Waals surface area (Å²) in [5.41, 5.74) is 0.816. The second kappa shape index (κ2) is 7.62. The highest BCUT2D eigenvalue weighted by Gasteiger charge is 2.50. The third kappa shape index (κ3) is 3.62. The highest BCUT2D eigenvalue weighted by Crippen LogP contribution is 2.50. The molecule has 1 amide bonds. The highest BCUT2D eigenvalue weighted by atomic mass is 19.1. The van der Waals surface area contributed by atoms with Crippen LogP contribution in [0.1, 0.15) is 31.2 Å². The fraction of sp³-hybridized carbons (Fsp3) is 0.632. The Kier molecular flexibility index (Phi) is 5.51. The molecule has 132 valence electrons. The number of rotatable bonds is 6. The molecule has 3 rings (SSSR count). The van der Waals surface area contributed by atoms with Gasteiger partial charge in [-0.15, -0.1) is 0 Å². The molecule has 2 unspecified atom stereocenters. The maximum atomic E-state index is 13.9. The van der Waals surface area contributed by atoms with Crippen LogP contribution in [0.5, 0.6) is 0 Å². The summed E-state index contributed by atoms with van der Waals surface area (Å²) >= 11 is 0. The molecule has 1 aromatic rings. The Labute approximate surface area is 143 Å². The number of carbonyl (C=O) groups is 1. The van der Waals surface area contributed by atoms with Gasteiger partial charge in [0.25, 0.3) is 0 Å². The first kappa shape index (κ1) is 17.4. The van der Waals surface area contributed by atoms with E-state index in [1.807, 2.05) is 12.1 Å². The molecule has 24 heavy (non-hydrogen) atoms. The zero-order chi connectivity index (χ0) is 17.0. The smallest absolute Gasteiger partial charge is 0.223 e. The Balaban J connectivity index is 1.62. The third-order valence-electron chi connectivity index (χ3n) is 5.64. The number of benzene rings is 1. The Bertz CT molecular complexity index is 580. The summed E-state index contributed by atoms with van der Waals surface area (Å²) in [4.78, 5) is 14.9. The quantitative estimate of drug-likeness (QED) is 0.813. The van der Waals surface area contributed by atoms with Crippen molar-refractivity contribution in [3.05, 3.63) is 35.6 Å². The van der Waals surface area contributed by atoms with Crippen molar-refractivity contribution in [2.75, 3.05) is 33.4 Å². The van der Waals surface area contributed by atoms with Crippen molar-refractivity contribution in [2.45, 2.75) is 32.2 Å². The lowest BCUT2D eigenvalue weighted by Gasteiger charge is -2.30. The van der Waals surface area contributed by atoms with E-state index >= 15 is 0 Å². The lowest BCUT2D eigenvalue weighted by Crippen LogP contribution is -2.41. The lowest BCUT2D eigenvalue weighted by atomic mass is 9.76. The van der Waals surface area contributed by atoms with Crippen LogP contribution in [0, 0.1) is 17.2 Å². The van der Waals surface area contributed by atoms with E-state index < -0.39 is 0 Å². The van der Waals surface area contributed by atoms with Gasteiger partial charge in [-0.3, -0.25) is 9.69 Å². The van der Waals surface area contributed by atoms with E-state index in [2.05, 4.69) is 10.2 Å². The van der Waals surface area contributed by atoms with Crippen LogP contribution in [0.15, 0.2) is 24.3 Å². The Morgan fingerprint density at radius 1 is 1.42 bits per heavy atom. The van der Waals surface area contributed by atoms with Crippen LogP contribution in [0.4, 0.5) is 4.39 Å². The number of hydrogen-bond donors (Lipinski definition) is 1. The molecule has 4 nitrogen and oxygen atoms in total. The van der Waals surface area contributed by atoms with Gasteiger partial charge in [-0.1, -0.05) is 24.6 Å². The molecule has 1 heterocycles. The minimum atomic E-state index is -0.140.